The molecule has 10 nitrogen and oxygen atoms in total. The minimum atomic E-state index is -0.170. The summed E-state index contributed by atoms with van der Waals surface area (Å²) in [6, 6.07) is 9.70. The lowest BCUT2D eigenvalue weighted by molar-refractivity contribution is 0.00437. The molecule has 156 valence electrons. The van der Waals surface area contributed by atoms with E-state index in [-0.39, 0.29) is 35.6 Å². The maximum Gasteiger partial charge on any atom is 0.130 e. The number of hydrogen-bond acceptors (Lipinski definition) is 6. The number of nitrogen functional groups attached to an aromatic ring is 4. The SMILES string of the molecule is N=C(N)c1ccc(OC2CC(Oc3ccc(C(=N)N)cc3C(=N)N)C2)c(C(=N)N)c1. The van der Waals surface area contributed by atoms with Crippen molar-refractivity contribution in [3.05, 3.63) is 58.7 Å². The Morgan fingerprint density at radius 1 is 0.633 bits per heavy atom. The van der Waals surface area contributed by atoms with E-state index in [1.807, 2.05) is 0 Å². The molecule has 2 aromatic rings. The Morgan fingerprint density at radius 2 is 1.00 bits per heavy atom. The third kappa shape index (κ3) is 4.32. The highest BCUT2D eigenvalue weighted by Crippen LogP contribution is 2.32. The second kappa shape index (κ2) is 8.11. The normalized spacial score (nSPS) is 17.5. The van der Waals surface area contributed by atoms with Crippen LogP contribution in [0.25, 0.3) is 0 Å². The molecule has 0 heterocycles. The van der Waals surface area contributed by atoms with Crippen molar-refractivity contribution >= 4 is 23.3 Å². The lowest BCUT2D eigenvalue weighted by Crippen LogP contribution is -2.42. The van der Waals surface area contributed by atoms with Gasteiger partial charge < -0.3 is 32.4 Å². The Morgan fingerprint density at radius 3 is 1.30 bits per heavy atom. The Bertz CT molecular complexity index is 962. The standard InChI is InChI=1S/C20H24N8O2/c21-17(22)9-1-3-15(13(5-9)19(25)26)29-11-7-12(8-11)30-16-4-2-10(18(23)24)6-14(16)20(27)28/h1-6,11-12H,7-8H2,(H3,21,22)(H3,23,24)(H3,25,26)(H3,27,28). The zero-order valence-electron chi connectivity index (χ0n) is 16.2. The van der Waals surface area contributed by atoms with Gasteiger partial charge in [0.15, 0.2) is 0 Å². The van der Waals surface area contributed by atoms with E-state index in [9.17, 15) is 0 Å². The maximum absolute atomic E-state index is 7.74. The van der Waals surface area contributed by atoms with Crippen LogP contribution in [0.4, 0.5) is 0 Å². The van der Waals surface area contributed by atoms with Crippen LogP contribution in [0.15, 0.2) is 36.4 Å². The van der Waals surface area contributed by atoms with Gasteiger partial charge in [0.25, 0.3) is 0 Å². The summed E-state index contributed by atoms with van der Waals surface area (Å²) in [6.07, 6.45) is 0.928. The van der Waals surface area contributed by atoms with Crippen LogP contribution in [-0.2, 0) is 0 Å². The molecule has 0 aliphatic heterocycles. The van der Waals surface area contributed by atoms with Crippen molar-refractivity contribution in [1.82, 2.24) is 0 Å². The quantitative estimate of drug-likeness (QED) is 0.233. The Kier molecular flexibility index (Phi) is 5.58. The highest BCUT2D eigenvalue weighted by atomic mass is 16.5. The average molecular weight is 408 g/mol. The molecule has 12 N–H and O–H groups in total. The molecule has 0 radical (unpaired) electrons. The Hall–Kier alpha value is -4.08. The van der Waals surface area contributed by atoms with Crippen molar-refractivity contribution in [1.29, 1.82) is 21.6 Å². The van der Waals surface area contributed by atoms with E-state index >= 15 is 0 Å². The van der Waals surface area contributed by atoms with Gasteiger partial charge >= 0.3 is 0 Å². The molecule has 0 atom stereocenters. The first kappa shape index (κ1) is 20.6. The molecule has 0 bridgehead atoms. The molecule has 0 spiro atoms. The lowest BCUT2D eigenvalue weighted by Gasteiger charge is -2.36. The fraction of sp³-hybridized carbons (Fsp3) is 0.200. The fourth-order valence-electron chi connectivity index (χ4n) is 3.09. The van der Waals surface area contributed by atoms with Crippen molar-refractivity contribution < 1.29 is 9.47 Å². The van der Waals surface area contributed by atoms with Gasteiger partial charge in [-0.3, -0.25) is 21.6 Å². The topological polar surface area (TPSA) is 218 Å². The fourth-order valence-corrected chi connectivity index (χ4v) is 3.09. The summed E-state index contributed by atoms with van der Waals surface area (Å²) in [7, 11) is 0. The van der Waals surface area contributed by atoms with Gasteiger partial charge in [-0.2, -0.15) is 0 Å². The van der Waals surface area contributed by atoms with Gasteiger partial charge in [0.05, 0.1) is 11.1 Å². The summed E-state index contributed by atoms with van der Waals surface area (Å²) >= 11 is 0. The van der Waals surface area contributed by atoms with Crippen LogP contribution in [0.1, 0.15) is 35.1 Å². The number of benzene rings is 2. The molecular weight excluding hydrogens is 384 g/mol. The summed E-state index contributed by atoms with van der Waals surface area (Å²) in [6.45, 7) is 0. The minimum Gasteiger partial charge on any atom is -0.489 e. The van der Waals surface area contributed by atoms with E-state index in [1.165, 1.54) is 0 Å². The molecule has 1 saturated carbocycles. The average Bonchev–Trinajstić information content (AvgIpc) is 2.65. The number of hydrogen-bond donors (Lipinski definition) is 8. The van der Waals surface area contributed by atoms with Gasteiger partial charge in [0.2, 0.25) is 0 Å². The van der Waals surface area contributed by atoms with Crippen LogP contribution < -0.4 is 32.4 Å². The summed E-state index contributed by atoms with van der Waals surface area (Å²) < 4.78 is 11.9. The molecular formula is C20H24N8O2. The molecule has 1 aliphatic rings. The second-order valence-electron chi connectivity index (χ2n) is 7.03. The Labute approximate surface area is 173 Å². The molecule has 30 heavy (non-hydrogen) atoms. The van der Waals surface area contributed by atoms with Crippen LogP contribution in [0, 0.1) is 21.6 Å². The molecule has 10 heteroatoms. The molecule has 1 fully saturated rings. The summed E-state index contributed by atoms with van der Waals surface area (Å²) in [5.74, 6) is 0.336. The second-order valence-corrected chi connectivity index (χ2v) is 7.03. The summed E-state index contributed by atoms with van der Waals surface area (Å²) in [5.41, 5.74) is 24.0. The van der Waals surface area contributed by atoms with E-state index in [0.29, 0.717) is 46.6 Å². The molecule has 0 saturated heterocycles. The van der Waals surface area contributed by atoms with Gasteiger partial charge in [-0.05, 0) is 36.4 Å². The monoisotopic (exact) mass is 408 g/mol. The summed E-state index contributed by atoms with van der Waals surface area (Å²) in [4.78, 5) is 0. The largest absolute Gasteiger partial charge is 0.489 e. The van der Waals surface area contributed by atoms with Crippen LogP contribution >= 0.6 is 0 Å². The molecule has 0 aromatic heterocycles. The van der Waals surface area contributed by atoms with Gasteiger partial charge in [-0.1, -0.05) is 0 Å². The lowest BCUT2D eigenvalue weighted by atomic mass is 9.91. The Balaban J connectivity index is 1.66. The van der Waals surface area contributed by atoms with Crippen LogP contribution in [0.3, 0.4) is 0 Å². The number of amidine groups is 4. The van der Waals surface area contributed by atoms with E-state index in [0.717, 1.165) is 0 Å². The first-order valence-electron chi connectivity index (χ1n) is 9.14. The highest BCUT2D eigenvalue weighted by Gasteiger charge is 2.34. The van der Waals surface area contributed by atoms with Crippen molar-refractivity contribution in [3.63, 3.8) is 0 Å². The van der Waals surface area contributed by atoms with Gasteiger partial charge in [-0.25, -0.2) is 0 Å². The zero-order chi connectivity index (χ0) is 22.0. The number of rotatable bonds is 8. The number of nitrogens with two attached hydrogens (primary N) is 4. The first-order valence-corrected chi connectivity index (χ1v) is 9.14. The smallest absolute Gasteiger partial charge is 0.130 e. The number of nitrogens with one attached hydrogen (secondary N) is 4. The third-order valence-electron chi connectivity index (χ3n) is 4.80. The molecule has 0 amide bonds. The van der Waals surface area contributed by atoms with Crippen LogP contribution in [0.5, 0.6) is 11.5 Å². The van der Waals surface area contributed by atoms with Gasteiger partial charge in [0, 0.05) is 24.0 Å². The minimum absolute atomic E-state index is 0.113. The molecule has 2 aromatic carbocycles. The van der Waals surface area contributed by atoms with Gasteiger partial charge in [-0.15, -0.1) is 0 Å². The van der Waals surface area contributed by atoms with E-state index in [2.05, 4.69) is 0 Å². The van der Waals surface area contributed by atoms with E-state index < -0.39 is 0 Å². The predicted molar refractivity (Wildman–Crippen MR) is 115 cm³/mol. The summed E-state index contributed by atoms with van der Waals surface area (Å²) in [5, 5.41) is 30.5. The van der Waals surface area contributed by atoms with Gasteiger partial charge in [0.1, 0.15) is 47.0 Å². The van der Waals surface area contributed by atoms with Crippen molar-refractivity contribution in [2.24, 2.45) is 22.9 Å². The first-order chi connectivity index (χ1) is 14.2. The van der Waals surface area contributed by atoms with Crippen LogP contribution in [-0.4, -0.2) is 35.6 Å². The van der Waals surface area contributed by atoms with Crippen molar-refractivity contribution in [2.45, 2.75) is 25.0 Å². The molecule has 1 aliphatic carbocycles. The highest BCUT2D eigenvalue weighted by molar-refractivity contribution is 6.03. The van der Waals surface area contributed by atoms with Crippen molar-refractivity contribution in [2.75, 3.05) is 0 Å². The van der Waals surface area contributed by atoms with E-state index in [4.69, 9.17) is 54.0 Å². The number of ether oxygens (including phenoxy) is 2. The zero-order valence-corrected chi connectivity index (χ0v) is 16.2. The predicted octanol–water partition coefficient (Wildman–Crippen LogP) is 0.812. The third-order valence-corrected chi connectivity index (χ3v) is 4.80. The van der Waals surface area contributed by atoms with E-state index in [1.54, 1.807) is 36.4 Å². The van der Waals surface area contributed by atoms with Crippen molar-refractivity contribution in [3.8, 4) is 11.5 Å². The maximum atomic E-state index is 7.74. The molecule has 0 unspecified atom stereocenters. The van der Waals surface area contributed by atoms with Crippen LogP contribution in [0.2, 0.25) is 0 Å². The molecule has 3 rings (SSSR count).